The molecule has 2 atom stereocenters. The highest BCUT2D eigenvalue weighted by Crippen LogP contribution is 2.59. The fourth-order valence-electron chi connectivity index (χ4n) is 5.19. The summed E-state index contributed by atoms with van der Waals surface area (Å²) in [6.07, 6.45) is 2.89. The molecule has 2 fully saturated rings. The first-order valence-corrected chi connectivity index (χ1v) is 12.8. The second kappa shape index (κ2) is 6.92. The summed E-state index contributed by atoms with van der Waals surface area (Å²) in [5.74, 6) is 2.67. The van der Waals surface area contributed by atoms with Gasteiger partial charge in [-0.3, -0.25) is 0 Å². The van der Waals surface area contributed by atoms with E-state index in [9.17, 15) is 0 Å². The maximum atomic E-state index is 7.25. The van der Waals surface area contributed by atoms with Gasteiger partial charge in [-0.15, -0.1) is 0 Å². The van der Waals surface area contributed by atoms with Gasteiger partial charge in [0.15, 0.2) is 0 Å². The summed E-state index contributed by atoms with van der Waals surface area (Å²) < 4.78 is 7.25. The fourth-order valence-corrected chi connectivity index (χ4v) is 10.9. The number of hydrogen-bond acceptors (Lipinski definition) is 1. The summed E-state index contributed by atoms with van der Waals surface area (Å²) in [5, 5.41) is 4.04. The Morgan fingerprint density at radius 2 is 1.35 bits per heavy atom. The Hall–Kier alpha value is -0.903. The summed E-state index contributed by atoms with van der Waals surface area (Å²) in [7, 11) is -2.37. The molecule has 2 aromatic carbocycles. The maximum absolute atomic E-state index is 7.25. The molecule has 4 rings (SSSR count). The summed E-state index contributed by atoms with van der Waals surface area (Å²) in [5.41, 5.74) is 0. The van der Waals surface area contributed by atoms with Crippen molar-refractivity contribution < 1.29 is 4.43 Å². The van der Waals surface area contributed by atoms with Crippen molar-refractivity contribution in [2.45, 2.75) is 44.8 Å². The van der Waals surface area contributed by atoms with E-state index in [-0.39, 0.29) is 5.04 Å². The largest absolute Gasteiger partial charge is 0.404 e. The van der Waals surface area contributed by atoms with Gasteiger partial charge in [0, 0.05) is 11.4 Å². The molecule has 0 amide bonds. The highest BCUT2D eigenvalue weighted by Gasteiger charge is 2.58. The van der Waals surface area contributed by atoms with Crippen molar-refractivity contribution in [3.8, 4) is 0 Å². The molecular formula is C23H29BrOSi. The van der Waals surface area contributed by atoms with E-state index in [1.807, 2.05) is 0 Å². The normalized spacial score (nSPS) is 28.0. The van der Waals surface area contributed by atoms with Gasteiger partial charge in [0.05, 0.1) is 0 Å². The second-order valence-corrected chi connectivity index (χ2v) is 13.9. The Balaban J connectivity index is 1.74. The lowest BCUT2D eigenvalue weighted by atomic mass is 10.1. The second-order valence-electron chi connectivity index (χ2n) is 9.02. The van der Waals surface area contributed by atoms with Gasteiger partial charge in [0.25, 0.3) is 8.32 Å². The Morgan fingerprint density at radius 1 is 0.885 bits per heavy atom. The van der Waals surface area contributed by atoms with Crippen LogP contribution in [0.5, 0.6) is 0 Å². The Morgan fingerprint density at radius 3 is 1.73 bits per heavy atom. The van der Waals surface area contributed by atoms with Crippen LogP contribution in [0, 0.1) is 17.8 Å². The molecule has 138 valence electrons. The summed E-state index contributed by atoms with van der Waals surface area (Å²) in [4.78, 5) is 0. The number of hydrogen-bond donors (Lipinski definition) is 0. The zero-order chi connectivity index (χ0) is 18.4. The number of alkyl halides is 1. The van der Waals surface area contributed by atoms with Gasteiger partial charge >= 0.3 is 0 Å². The number of halogens is 1. The van der Waals surface area contributed by atoms with Crippen LogP contribution in [0.1, 0.15) is 33.6 Å². The van der Waals surface area contributed by atoms with Gasteiger partial charge < -0.3 is 4.43 Å². The fraction of sp³-hybridized carbons (Fsp3) is 0.478. The first-order chi connectivity index (χ1) is 12.5. The van der Waals surface area contributed by atoms with Gasteiger partial charge in [-0.25, -0.2) is 0 Å². The Kier molecular flexibility index (Phi) is 4.91. The topological polar surface area (TPSA) is 9.23 Å². The SMILES string of the molecule is CC(C)(C)[Si](OC1CC2C(CBr)C2C1)(c1ccccc1)c1ccccc1. The molecule has 0 aromatic heterocycles. The van der Waals surface area contributed by atoms with Crippen LogP contribution in [-0.2, 0) is 4.43 Å². The molecule has 0 spiro atoms. The highest BCUT2D eigenvalue weighted by molar-refractivity contribution is 9.09. The average Bonchev–Trinajstić information content (AvgIpc) is 3.12. The zero-order valence-corrected chi connectivity index (χ0v) is 18.6. The predicted molar refractivity (Wildman–Crippen MR) is 116 cm³/mol. The number of benzene rings is 2. The molecule has 1 nitrogen and oxygen atoms in total. The van der Waals surface area contributed by atoms with E-state index in [4.69, 9.17) is 4.43 Å². The van der Waals surface area contributed by atoms with E-state index in [1.165, 1.54) is 23.2 Å². The minimum absolute atomic E-state index is 0.0807. The zero-order valence-electron chi connectivity index (χ0n) is 16.0. The molecule has 2 saturated carbocycles. The van der Waals surface area contributed by atoms with Crippen molar-refractivity contribution in [1.82, 2.24) is 0 Å². The lowest BCUT2D eigenvalue weighted by molar-refractivity contribution is 0.175. The van der Waals surface area contributed by atoms with E-state index in [1.54, 1.807) is 0 Å². The number of rotatable bonds is 5. The Labute approximate surface area is 167 Å². The molecule has 26 heavy (non-hydrogen) atoms. The van der Waals surface area contributed by atoms with Gasteiger partial charge in [0.2, 0.25) is 0 Å². The molecule has 0 heterocycles. The smallest absolute Gasteiger partial charge is 0.261 e. The quantitative estimate of drug-likeness (QED) is 0.481. The van der Waals surface area contributed by atoms with Crippen LogP contribution >= 0.6 is 15.9 Å². The van der Waals surface area contributed by atoms with Crippen LogP contribution in [0.4, 0.5) is 0 Å². The highest BCUT2D eigenvalue weighted by atomic mass is 79.9. The molecule has 0 N–H and O–H groups in total. The molecule has 2 aliphatic rings. The summed E-state index contributed by atoms with van der Waals surface area (Å²) >= 11 is 3.69. The average molecular weight is 429 g/mol. The van der Waals surface area contributed by atoms with E-state index in [2.05, 4.69) is 97.4 Å². The summed E-state index contributed by atoms with van der Waals surface area (Å²) in [6, 6.07) is 22.1. The van der Waals surface area contributed by atoms with Crippen LogP contribution in [0.15, 0.2) is 60.7 Å². The van der Waals surface area contributed by atoms with Crippen molar-refractivity contribution in [1.29, 1.82) is 0 Å². The lowest BCUT2D eigenvalue weighted by Crippen LogP contribution is -2.67. The summed E-state index contributed by atoms with van der Waals surface area (Å²) in [6.45, 7) is 7.11. The van der Waals surface area contributed by atoms with Crippen LogP contribution in [0.25, 0.3) is 0 Å². The molecule has 0 radical (unpaired) electrons. The third-order valence-corrected chi connectivity index (χ3v) is 12.4. The third-order valence-electron chi connectivity index (χ3n) is 6.52. The maximum Gasteiger partial charge on any atom is 0.261 e. The minimum atomic E-state index is -2.37. The van der Waals surface area contributed by atoms with Crippen LogP contribution in [0.3, 0.4) is 0 Å². The van der Waals surface area contributed by atoms with Crippen LogP contribution < -0.4 is 10.4 Å². The van der Waals surface area contributed by atoms with Gasteiger partial charge in [0.1, 0.15) is 0 Å². The van der Waals surface area contributed by atoms with E-state index < -0.39 is 8.32 Å². The van der Waals surface area contributed by atoms with Gasteiger partial charge in [-0.2, -0.15) is 0 Å². The molecule has 2 aliphatic carbocycles. The third kappa shape index (κ3) is 3.02. The van der Waals surface area contributed by atoms with Crippen molar-refractivity contribution in [3.63, 3.8) is 0 Å². The predicted octanol–water partition coefficient (Wildman–Crippen LogP) is 4.98. The van der Waals surface area contributed by atoms with E-state index >= 15 is 0 Å². The number of fused-ring (bicyclic) bond motifs is 1. The minimum Gasteiger partial charge on any atom is -0.404 e. The van der Waals surface area contributed by atoms with E-state index in [0.29, 0.717) is 6.10 Å². The van der Waals surface area contributed by atoms with Crippen molar-refractivity contribution in [2.75, 3.05) is 5.33 Å². The van der Waals surface area contributed by atoms with Crippen molar-refractivity contribution >= 4 is 34.6 Å². The van der Waals surface area contributed by atoms with Crippen LogP contribution in [0.2, 0.25) is 5.04 Å². The van der Waals surface area contributed by atoms with Gasteiger partial charge in [-0.05, 0) is 46.0 Å². The molecule has 2 aromatic rings. The molecular weight excluding hydrogens is 400 g/mol. The molecule has 0 bridgehead atoms. The Bertz CT molecular complexity index is 688. The van der Waals surface area contributed by atoms with Crippen molar-refractivity contribution in [2.24, 2.45) is 17.8 Å². The standard InChI is InChI=1S/C23H29BrOSi/c1-23(2,3)26(18-10-6-4-7-11-18,19-12-8-5-9-13-19)25-17-14-20-21(15-17)22(20)16-24/h4-13,17,20-22H,14-16H2,1-3H3. The van der Waals surface area contributed by atoms with Crippen LogP contribution in [-0.4, -0.2) is 19.8 Å². The molecule has 0 saturated heterocycles. The molecule has 2 unspecified atom stereocenters. The first-order valence-electron chi connectivity index (χ1n) is 9.82. The molecule has 0 aliphatic heterocycles. The first kappa shape index (κ1) is 18.5. The monoisotopic (exact) mass is 428 g/mol. The lowest BCUT2D eigenvalue weighted by Gasteiger charge is -2.45. The van der Waals surface area contributed by atoms with E-state index in [0.717, 1.165) is 23.1 Å². The molecule has 3 heteroatoms. The van der Waals surface area contributed by atoms with Crippen molar-refractivity contribution in [3.05, 3.63) is 60.7 Å². The van der Waals surface area contributed by atoms with Gasteiger partial charge in [-0.1, -0.05) is 97.4 Å².